The molecule has 6 nitrogen and oxygen atoms in total. The minimum Gasteiger partial charge on any atom is -0.381 e. The molecule has 152 valence electrons. The fourth-order valence-corrected chi connectivity index (χ4v) is 4.98. The monoisotopic (exact) mass is 385 g/mol. The van der Waals surface area contributed by atoms with Crippen molar-refractivity contribution >= 4 is 17.6 Å². The lowest BCUT2D eigenvalue weighted by Crippen LogP contribution is -2.46. The van der Waals surface area contributed by atoms with E-state index in [0.29, 0.717) is 32.3 Å². The van der Waals surface area contributed by atoms with Crippen LogP contribution in [0.2, 0.25) is 0 Å². The Morgan fingerprint density at radius 3 is 2.46 bits per heavy atom. The molecule has 1 aromatic rings. The molecule has 1 unspecified atom stereocenters. The zero-order valence-corrected chi connectivity index (χ0v) is 16.7. The summed E-state index contributed by atoms with van der Waals surface area (Å²) in [6.45, 7) is 4.46. The van der Waals surface area contributed by atoms with Gasteiger partial charge in [-0.1, -0.05) is 30.5 Å². The number of ether oxygens (including phenoxy) is 1. The number of carbonyl (C=O) groups excluding carboxylic acids is 2. The Balaban J connectivity index is 1.46. The molecule has 2 heterocycles. The third-order valence-electron chi connectivity index (χ3n) is 6.74. The van der Waals surface area contributed by atoms with Crippen LogP contribution in [0.3, 0.4) is 0 Å². The molecule has 0 radical (unpaired) electrons. The van der Waals surface area contributed by atoms with Crippen LogP contribution in [0, 0.1) is 18.3 Å². The topological polar surface area (TPSA) is 70.7 Å². The number of aryl methyl sites for hydroxylation is 1. The van der Waals surface area contributed by atoms with Gasteiger partial charge in [-0.05, 0) is 44.7 Å². The number of amides is 3. The summed E-state index contributed by atoms with van der Waals surface area (Å²) in [5, 5.41) is 6.26. The first-order chi connectivity index (χ1) is 13.6. The summed E-state index contributed by atoms with van der Waals surface area (Å²) in [7, 11) is 0. The number of hydrogen-bond acceptors (Lipinski definition) is 3. The SMILES string of the molecule is Cc1ccc(NC(=O)N2CC(C(=O)NC3CCCC3)C3(CCOCC3)C2)cc1. The molecular formula is C22H31N3O3. The third-order valence-corrected chi connectivity index (χ3v) is 6.74. The largest absolute Gasteiger partial charge is 0.381 e. The lowest BCUT2D eigenvalue weighted by molar-refractivity contribution is -0.130. The second kappa shape index (κ2) is 8.11. The van der Waals surface area contributed by atoms with E-state index in [4.69, 9.17) is 4.74 Å². The van der Waals surface area contributed by atoms with Gasteiger partial charge < -0.3 is 20.3 Å². The zero-order valence-electron chi connectivity index (χ0n) is 16.7. The van der Waals surface area contributed by atoms with E-state index in [0.717, 1.165) is 36.9 Å². The number of likely N-dealkylation sites (tertiary alicyclic amines) is 1. The van der Waals surface area contributed by atoms with Gasteiger partial charge in [-0.25, -0.2) is 4.79 Å². The summed E-state index contributed by atoms with van der Waals surface area (Å²) >= 11 is 0. The summed E-state index contributed by atoms with van der Waals surface area (Å²) < 4.78 is 5.57. The zero-order chi connectivity index (χ0) is 19.6. The highest BCUT2D eigenvalue weighted by Crippen LogP contribution is 2.44. The molecule has 1 aromatic carbocycles. The molecule has 1 atom stereocenters. The Kier molecular flexibility index (Phi) is 5.58. The Bertz CT molecular complexity index is 706. The maximum Gasteiger partial charge on any atom is 0.321 e. The van der Waals surface area contributed by atoms with Crippen molar-refractivity contribution in [3.05, 3.63) is 29.8 Å². The molecule has 3 amide bonds. The summed E-state index contributed by atoms with van der Waals surface area (Å²) in [5.41, 5.74) is 1.78. The van der Waals surface area contributed by atoms with Crippen molar-refractivity contribution in [2.24, 2.45) is 11.3 Å². The maximum atomic E-state index is 13.1. The predicted molar refractivity (Wildman–Crippen MR) is 108 cm³/mol. The van der Waals surface area contributed by atoms with E-state index in [1.807, 2.05) is 36.1 Å². The number of nitrogens with one attached hydrogen (secondary N) is 2. The number of benzene rings is 1. The third kappa shape index (κ3) is 4.02. The van der Waals surface area contributed by atoms with Crippen molar-refractivity contribution in [1.82, 2.24) is 10.2 Å². The molecular weight excluding hydrogens is 354 g/mol. The van der Waals surface area contributed by atoms with E-state index in [9.17, 15) is 9.59 Å². The van der Waals surface area contributed by atoms with Gasteiger partial charge in [0.25, 0.3) is 0 Å². The van der Waals surface area contributed by atoms with Crippen LogP contribution in [0.1, 0.15) is 44.1 Å². The number of carbonyl (C=O) groups is 2. The Labute approximate surface area is 167 Å². The predicted octanol–water partition coefficient (Wildman–Crippen LogP) is 3.31. The molecule has 3 aliphatic rings. The van der Waals surface area contributed by atoms with Crippen LogP contribution >= 0.6 is 0 Å². The van der Waals surface area contributed by atoms with Crippen molar-refractivity contribution in [1.29, 1.82) is 0 Å². The first kappa shape index (κ1) is 19.2. The molecule has 0 bridgehead atoms. The van der Waals surface area contributed by atoms with Crippen LogP contribution in [0.5, 0.6) is 0 Å². The maximum absolute atomic E-state index is 13.1. The number of urea groups is 1. The van der Waals surface area contributed by atoms with E-state index in [2.05, 4.69) is 10.6 Å². The lowest BCUT2D eigenvalue weighted by atomic mass is 9.71. The van der Waals surface area contributed by atoms with Crippen molar-refractivity contribution in [3.8, 4) is 0 Å². The fraction of sp³-hybridized carbons (Fsp3) is 0.636. The molecule has 28 heavy (non-hydrogen) atoms. The minimum atomic E-state index is -0.161. The summed E-state index contributed by atoms with van der Waals surface area (Å²) in [6, 6.07) is 7.98. The van der Waals surface area contributed by atoms with Gasteiger partial charge in [0.15, 0.2) is 0 Å². The second-order valence-electron chi connectivity index (χ2n) is 8.69. The molecule has 1 aliphatic carbocycles. The van der Waals surface area contributed by atoms with Gasteiger partial charge in [-0.15, -0.1) is 0 Å². The van der Waals surface area contributed by atoms with Crippen molar-refractivity contribution < 1.29 is 14.3 Å². The van der Waals surface area contributed by atoms with Crippen LogP contribution in [0.25, 0.3) is 0 Å². The Morgan fingerprint density at radius 1 is 1.11 bits per heavy atom. The van der Waals surface area contributed by atoms with Crippen molar-refractivity contribution in [2.45, 2.75) is 51.5 Å². The summed E-state index contributed by atoms with van der Waals surface area (Å²) in [6.07, 6.45) is 6.21. The van der Waals surface area contributed by atoms with Gasteiger partial charge >= 0.3 is 6.03 Å². The van der Waals surface area contributed by atoms with E-state index >= 15 is 0 Å². The lowest BCUT2D eigenvalue weighted by Gasteiger charge is -2.37. The average Bonchev–Trinajstić information content (AvgIpc) is 3.32. The van der Waals surface area contributed by atoms with Crippen LogP contribution in [-0.2, 0) is 9.53 Å². The van der Waals surface area contributed by atoms with Gasteiger partial charge in [0.1, 0.15) is 0 Å². The van der Waals surface area contributed by atoms with Crippen LogP contribution in [-0.4, -0.2) is 49.2 Å². The van der Waals surface area contributed by atoms with Crippen molar-refractivity contribution in [3.63, 3.8) is 0 Å². The number of anilines is 1. The van der Waals surface area contributed by atoms with Gasteiger partial charge in [-0.2, -0.15) is 0 Å². The normalized spacial score (nSPS) is 24.5. The summed E-state index contributed by atoms with van der Waals surface area (Å²) in [4.78, 5) is 27.8. The van der Waals surface area contributed by atoms with E-state index in [1.165, 1.54) is 12.8 Å². The number of rotatable bonds is 3. The standard InChI is InChI=1S/C22H31N3O3/c1-16-6-8-18(9-7-16)24-21(27)25-14-19(20(26)23-17-4-2-3-5-17)22(15-25)10-12-28-13-11-22/h6-9,17,19H,2-5,10-15H2,1H3,(H,23,26)(H,24,27). The van der Waals surface area contributed by atoms with Crippen LogP contribution in [0.4, 0.5) is 10.5 Å². The highest BCUT2D eigenvalue weighted by atomic mass is 16.5. The van der Waals surface area contributed by atoms with Crippen LogP contribution < -0.4 is 10.6 Å². The van der Waals surface area contributed by atoms with Gasteiger partial charge in [0.2, 0.25) is 5.91 Å². The molecule has 4 rings (SSSR count). The molecule has 1 saturated carbocycles. The highest BCUT2D eigenvalue weighted by Gasteiger charge is 2.52. The average molecular weight is 386 g/mol. The quantitative estimate of drug-likeness (QED) is 0.839. The van der Waals surface area contributed by atoms with Gasteiger partial charge in [-0.3, -0.25) is 4.79 Å². The first-order valence-corrected chi connectivity index (χ1v) is 10.6. The van der Waals surface area contributed by atoms with Crippen LogP contribution in [0.15, 0.2) is 24.3 Å². The van der Waals surface area contributed by atoms with Gasteiger partial charge in [0.05, 0.1) is 5.92 Å². The number of nitrogens with zero attached hydrogens (tertiary/aromatic N) is 1. The molecule has 2 aliphatic heterocycles. The summed E-state index contributed by atoms with van der Waals surface area (Å²) in [5.74, 6) is -0.0276. The number of hydrogen-bond donors (Lipinski definition) is 2. The molecule has 0 aromatic heterocycles. The smallest absolute Gasteiger partial charge is 0.321 e. The van der Waals surface area contributed by atoms with Crippen molar-refractivity contribution in [2.75, 3.05) is 31.6 Å². The first-order valence-electron chi connectivity index (χ1n) is 10.6. The van der Waals surface area contributed by atoms with E-state index < -0.39 is 0 Å². The molecule has 2 saturated heterocycles. The van der Waals surface area contributed by atoms with Gasteiger partial charge in [0, 0.05) is 43.4 Å². The fourth-order valence-electron chi connectivity index (χ4n) is 4.98. The molecule has 1 spiro atoms. The molecule has 3 fully saturated rings. The molecule has 2 N–H and O–H groups in total. The minimum absolute atomic E-state index is 0.120. The van der Waals surface area contributed by atoms with E-state index in [1.54, 1.807) is 0 Å². The Hall–Kier alpha value is -2.08. The Morgan fingerprint density at radius 2 is 1.79 bits per heavy atom. The van der Waals surface area contributed by atoms with E-state index in [-0.39, 0.29) is 23.3 Å². The highest BCUT2D eigenvalue weighted by molar-refractivity contribution is 5.91. The second-order valence-corrected chi connectivity index (χ2v) is 8.69. The molecule has 6 heteroatoms.